The summed E-state index contributed by atoms with van der Waals surface area (Å²) in [6.07, 6.45) is 1.47. The molecule has 3 aromatic rings. The Balaban J connectivity index is 1.62. The summed E-state index contributed by atoms with van der Waals surface area (Å²) in [6, 6.07) is 14.0. The second kappa shape index (κ2) is 10.4. The molecule has 1 aromatic heterocycles. The lowest BCUT2D eigenvalue weighted by Gasteiger charge is -2.17. The van der Waals surface area contributed by atoms with Crippen molar-refractivity contribution in [2.24, 2.45) is 5.92 Å². The van der Waals surface area contributed by atoms with Gasteiger partial charge in [-0.2, -0.15) is 0 Å². The average molecular weight is 450 g/mol. The van der Waals surface area contributed by atoms with Crippen molar-refractivity contribution in [1.29, 1.82) is 0 Å². The maximum atomic E-state index is 13.2. The van der Waals surface area contributed by atoms with Crippen LogP contribution in [0.1, 0.15) is 24.2 Å². The molecule has 3 amide bonds. The first kappa shape index (κ1) is 23.4. The molecular formula is C24H23FN4O4. The summed E-state index contributed by atoms with van der Waals surface area (Å²) < 4.78 is 13.2. The molecule has 170 valence electrons. The van der Waals surface area contributed by atoms with E-state index in [0.29, 0.717) is 22.6 Å². The molecule has 0 saturated heterocycles. The van der Waals surface area contributed by atoms with Crippen LogP contribution in [0.25, 0.3) is 11.3 Å². The number of nitrogens with one attached hydrogen (secondary N) is 3. The first-order valence-corrected chi connectivity index (χ1v) is 10.2. The summed E-state index contributed by atoms with van der Waals surface area (Å²) in [6.45, 7) is 3.44. The van der Waals surface area contributed by atoms with E-state index in [1.807, 2.05) is 0 Å². The summed E-state index contributed by atoms with van der Waals surface area (Å²) in [5, 5.41) is 16.9. The lowest BCUT2D eigenvalue weighted by Crippen LogP contribution is -2.44. The standard InChI is InChI=1S/C24H23FN4O4/c1-14(2)21(23(31)32)29-22(30)16-8-6-15(7-9-16)20-11-10-19(13-26-20)28-24(33)27-18-5-3-4-17(25)12-18/h3-14,21H,1-2H3,(H,29,30)(H,31,32)(H2,27,28,33)/t21-/m0/s1. The maximum absolute atomic E-state index is 13.2. The van der Waals surface area contributed by atoms with Crippen molar-refractivity contribution in [2.75, 3.05) is 10.6 Å². The molecule has 0 radical (unpaired) electrons. The van der Waals surface area contributed by atoms with Gasteiger partial charge in [0.15, 0.2) is 0 Å². The minimum atomic E-state index is -1.09. The Labute approximate surface area is 189 Å². The van der Waals surface area contributed by atoms with Gasteiger partial charge < -0.3 is 21.1 Å². The Morgan fingerprint density at radius 1 is 0.939 bits per heavy atom. The second-order valence-corrected chi connectivity index (χ2v) is 7.63. The third-order valence-corrected chi connectivity index (χ3v) is 4.77. The number of halogens is 1. The highest BCUT2D eigenvalue weighted by molar-refractivity contribution is 5.99. The van der Waals surface area contributed by atoms with E-state index in [2.05, 4.69) is 20.9 Å². The molecular weight excluding hydrogens is 427 g/mol. The molecule has 0 bridgehead atoms. The normalized spacial score (nSPS) is 11.5. The van der Waals surface area contributed by atoms with Crippen LogP contribution in [-0.2, 0) is 4.79 Å². The zero-order valence-electron chi connectivity index (χ0n) is 18.0. The van der Waals surface area contributed by atoms with E-state index >= 15 is 0 Å². The van der Waals surface area contributed by atoms with Crippen LogP contribution in [0.15, 0.2) is 66.9 Å². The SMILES string of the molecule is CC(C)[C@H](NC(=O)c1ccc(-c2ccc(NC(=O)Nc3cccc(F)c3)cn2)cc1)C(=O)O. The van der Waals surface area contributed by atoms with E-state index < -0.39 is 29.8 Å². The third kappa shape index (κ3) is 6.36. The molecule has 0 unspecified atom stereocenters. The fourth-order valence-corrected chi connectivity index (χ4v) is 3.03. The Bertz CT molecular complexity index is 1150. The fourth-order valence-electron chi connectivity index (χ4n) is 3.03. The third-order valence-electron chi connectivity index (χ3n) is 4.77. The summed E-state index contributed by atoms with van der Waals surface area (Å²) >= 11 is 0. The number of amides is 3. The number of carboxylic acids is 1. The van der Waals surface area contributed by atoms with E-state index in [-0.39, 0.29) is 5.92 Å². The highest BCUT2D eigenvalue weighted by Gasteiger charge is 2.23. The number of carbonyl (C=O) groups is 3. The van der Waals surface area contributed by atoms with Crippen molar-refractivity contribution in [3.05, 3.63) is 78.2 Å². The molecule has 3 rings (SSSR count). The lowest BCUT2D eigenvalue weighted by atomic mass is 10.0. The van der Waals surface area contributed by atoms with Crippen LogP contribution in [0, 0.1) is 11.7 Å². The molecule has 0 aliphatic carbocycles. The number of hydrogen-bond acceptors (Lipinski definition) is 4. The molecule has 0 saturated carbocycles. The van der Waals surface area contributed by atoms with Gasteiger partial charge in [0, 0.05) is 16.8 Å². The Hall–Kier alpha value is -4.27. The van der Waals surface area contributed by atoms with E-state index in [1.54, 1.807) is 56.3 Å². The van der Waals surface area contributed by atoms with Crippen LogP contribution in [-0.4, -0.2) is 34.0 Å². The van der Waals surface area contributed by atoms with Gasteiger partial charge in [-0.15, -0.1) is 0 Å². The quantitative estimate of drug-likeness (QED) is 0.426. The van der Waals surface area contributed by atoms with Gasteiger partial charge in [0.25, 0.3) is 5.91 Å². The Kier molecular flexibility index (Phi) is 7.34. The number of benzene rings is 2. The van der Waals surface area contributed by atoms with Crippen molar-refractivity contribution < 1.29 is 23.9 Å². The van der Waals surface area contributed by atoms with E-state index in [4.69, 9.17) is 0 Å². The van der Waals surface area contributed by atoms with Crippen LogP contribution in [0.2, 0.25) is 0 Å². The van der Waals surface area contributed by atoms with Gasteiger partial charge in [0.1, 0.15) is 11.9 Å². The van der Waals surface area contributed by atoms with Gasteiger partial charge in [0.2, 0.25) is 0 Å². The lowest BCUT2D eigenvalue weighted by molar-refractivity contribution is -0.140. The van der Waals surface area contributed by atoms with Crippen molar-refractivity contribution in [1.82, 2.24) is 10.3 Å². The van der Waals surface area contributed by atoms with Gasteiger partial charge >= 0.3 is 12.0 Å². The van der Waals surface area contributed by atoms with Crippen LogP contribution in [0.3, 0.4) is 0 Å². The number of rotatable bonds is 7. The molecule has 8 nitrogen and oxygen atoms in total. The zero-order chi connectivity index (χ0) is 24.0. The largest absolute Gasteiger partial charge is 0.480 e. The van der Waals surface area contributed by atoms with Gasteiger partial charge in [-0.05, 0) is 48.4 Å². The smallest absolute Gasteiger partial charge is 0.326 e. The Morgan fingerprint density at radius 3 is 2.21 bits per heavy atom. The first-order chi connectivity index (χ1) is 15.7. The predicted octanol–water partition coefficient (Wildman–Crippen LogP) is 4.37. The number of aromatic nitrogens is 1. The van der Waals surface area contributed by atoms with Crippen molar-refractivity contribution in [2.45, 2.75) is 19.9 Å². The molecule has 9 heteroatoms. The molecule has 0 fully saturated rings. The second-order valence-electron chi connectivity index (χ2n) is 7.63. The number of carboxylic acid groups (broad SMARTS) is 1. The summed E-state index contributed by atoms with van der Waals surface area (Å²) in [5.41, 5.74) is 2.45. The van der Waals surface area contributed by atoms with Gasteiger partial charge in [0.05, 0.1) is 17.6 Å². The van der Waals surface area contributed by atoms with Crippen LogP contribution in [0.5, 0.6) is 0 Å². The predicted molar refractivity (Wildman–Crippen MR) is 122 cm³/mol. The van der Waals surface area contributed by atoms with Crippen LogP contribution in [0.4, 0.5) is 20.6 Å². The van der Waals surface area contributed by atoms with Crippen molar-refractivity contribution >= 4 is 29.3 Å². The topological polar surface area (TPSA) is 120 Å². The monoisotopic (exact) mass is 450 g/mol. The molecule has 0 aliphatic heterocycles. The average Bonchev–Trinajstić information content (AvgIpc) is 2.77. The summed E-state index contributed by atoms with van der Waals surface area (Å²) in [5.74, 6) is -2.26. The number of carbonyl (C=O) groups excluding carboxylic acids is 2. The summed E-state index contributed by atoms with van der Waals surface area (Å²) in [7, 11) is 0. The highest BCUT2D eigenvalue weighted by atomic mass is 19.1. The van der Waals surface area contributed by atoms with Gasteiger partial charge in [-0.1, -0.05) is 32.0 Å². The zero-order valence-corrected chi connectivity index (χ0v) is 18.0. The molecule has 0 spiro atoms. The summed E-state index contributed by atoms with van der Waals surface area (Å²) in [4.78, 5) is 40.0. The fraction of sp³-hybridized carbons (Fsp3) is 0.167. The Morgan fingerprint density at radius 2 is 1.64 bits per heavy atom. The maximum Gasteiger partial charge on any atom is 0.326 e. The number of pyridine rings is 1. The molecule has 33 heavy (non-hydrogen) atoms. The number of anilines is 2. The van der Waals surface area contributed by atoms with Crippen molar-refractivity contribution in [3.63, 3.8) is 0 Å². The number of nitrogens with zero attached hydrogens (tertiary/aromatic N) is 1. The van der Waals surface area contributed by atoms with Gasteiger partial charge in [-0.25, -0.2) is 14.0 Å². The molecule has 0 aliphatic rings. The van der Waals surface area contributed by atoms with E-state index in [0.717, 1.165) is 5.56 Å². The van der Waals surface area contributed by atoms with Crippen LogP contribution < -0.4 is 16.0 Å². The van der Waals surface area contributed by atoms with Crippen molar-refractivity contribution in [3.8, 4) is 11.3 Å². The first-order valence-electron chi connectivity index (χ1n) is 10.2. The molecule has 4 N–H and O–H groups in total. The molecule has 2 aromatic carbocycles. The van der Waals surface area contributed by atoms with E-state index in [9.17, 15) is 23.9 Å². The molecule has 1 atom stereocenters. The van der Waals surface area contributed by atoms with E-state index in [1.165, 1.54) is 24.4 Å². The highest BCUT2D eigenvalue weighted by Crippen LogP contribution is 2.20. The van der Waals surface area contributed by atoms with Crippen LogP contribution >= 0.6 is 0 Å². The van der Waals surface area contributed by atoms with Gasteiger partial charge in [-0.3, -0.25) is 9.78 Å². The number of aliphatic carboxylic acids is 1. The number of urea groups is 1. The molecule has 1 heterocycles. The minimum absolute atomic E-state index is 0.252. The number of hydrogen-bond donors (Lipinski definition) is 4. The minimum Gasteiger partial charge on any atom is -0.480 e.